The summed E-state index contributed by atoms with van der Waals surface area (Å²) in [6.07, 6.45) is 3.93. The maximum absolute atomic E-state index is 16.6. The van der Waals surface area contributed by atoms with Gasteiger partial charge >= 0.3 is 5.97 Å². The average molecular weight is 721 g/mol. The number of benzene rings is 4. The van der Waals surface area contributed by atoms with E-state index in [1.165, 1.54) is 34.7 Å². The zero-order valence-electron chi connectivity index (χ0n) is 30.2. The minimum atomic E-state index is -2.95. The van der Waals surface area contributed by atoms with Gasteiger partial charge in [-0.2, -0.15) is 0 Å². The van der Waals surface area contributed by atoms with E-state index in [2.05, 4.69) is 85.3 Å². The van der Waals surface area contributed by atoms with Crippen LogP contribution in [0.5, 0.6) is 0 Å². The lowest BCUT2D eigenvalue weighted by molar-refractivity contribution is -0.137. The van der Waals surface area contributed by atoms with Crippen molar-refractivity contribution in [1.82, 2.24) is 9.88 Å². The normalized spacial score (nSPS) is 19.7. The molecule has 52 heavy (non-hydrogen) atoms. The van der Waals surface area contributed by atoms with E-state index in [1.807, 2.05) is 30.3 Å². The lowest BCUT2D eigenvalue weighted by Crippen LogP contribution is -2.67. The molecular weight excluding hydrogens is 675 g/mol. The highest BCUT2D eigenvalue weighted by molar-refractivity contribution is 6.99. The summed E-state index contributed by atoms with van der Waals surface area (Å²) in [6.45, 7) is 10.0. The minimum absolute atomic E-state index is 0.0388. The van der Waals surface area contributed by atoms with Crippen LogP contribution in [0.3, 0.4) is 0 Å². The summed E-state index contributed by atoms with van der Waals surface area (Å²) in [5, 5.41) is 3.14. The minimum Gasteiger partial charge on any atom is -0.463 e. The van der Waals surface area contributed by atoms with Crippen molar-refractivity contribution >= 4 is 41.6 Å². The van der Waals surface area contributed by atoms with Crippen molar-refractivity contribution in [1.29, 1.82) is 0 Å². The van der Waals surface area contributed by atoms with Crippen molar-refractivity contribution in [3.05, 3.63) is 137 Å². The Bertz CT molecular complexity index is 1990. The molecule has 2 aliphatic rings. The summed E-state index contributed by atoms with van der Waals surface area (Å²) in [6, 6.07) is 30.6. The van der Waals surface area contributed by atoms with Gasteiger partial charge in [0.1, 0.15) is 11.6 Å². The van der Waals surface area contributed by atoms with Gasteiger partial charge in [-0.25, -0.2) is 13.6 Å². The Hall–Kier alpha value is -4.41. The molecule has 0 aliphatic carbocycles. The fourth-order valence-corrected chi connectivity index (χ4v) is 13.0. The van der Waals surface area contributed by atoms with Gasteiger partial charge in [0.05, 0.1) is 25.9 Å². The fraction of sp³-hybridized carbons (Fsp3) is 0.326. The van der Waals surface area contributed by atoms with Crippen LogP contribution in [0.25, 0.3) is 17.0 Å². The molecule has 6 nitrogen and oxygen atoms in total. The molecule has 5 aromatic rings. The van der Waals surface area contributed by atoms with Crippen molar-refractivity contribution in [2.24, 2.45) is 0 Å². The number of aromatic amines is 1. The number of aromatic nitrogens is 1. The molecule has 7 rings (SSSR count). The van der Waals surface area contributed by atoms with Gasteiger partial charge in [-0.15, -0.1) is 0 Å². The largest absolute Gasteiger partial charge is 0.463 e. The van der Waals surface area contributed by atoms with Gasteiger partial charge in [-0.1, -0.05) is 99.6 Å². The first kappa shape index (κ1) is 36.0. The monoisotopic (exact) mass is 720 g/mol. The Morgan fingerprint density at radius 1 is 0.962 bits per heavy atom. The molecule has 0 amide bonds. The molecule has 1 fully saturated rings. The van der Waals surface area contributed by atoms with Gasteiger partial charge in [-0.3, -0.25) is 4.90 Å². The quantitative estimate of drug-likeness (QED) is 0.0911. The third kappa shape index (κ3) is 6.67. The Balaban J connectivity index is 1.37. The molecule has 0 bridgehead atoms. The molecule has 4 aromatic carbocycles. The molecule has 0 radical (unpaired) electrons. The lowest BCUT2D eigenvalue weighted by atomic mass is 9.86. The number of nitrogens with one attached hydrogen (secondary N) is 1. The first-order chi connectivity index (χ1) is 25.1. The molecule has 0 saturated carbocycles. The highest BCUT2D eigenvalue weighted by Gasteiger charge is 2.52. The molecule has 1 unspecified atom stereocenters. The lowest BCUT2D eigenvalue weighted by Gasteiger charge is -2.48. The number of para-hydroxylation sites is 1. The summed E-state index contributed by atoms with van der Waals surface area (Å²) in [7, 11) is -2.95. The van der Waals surface area contributed by atoms with E-state index in [9.17, 15) is 4.79 Å². The van der Waals surface area contributed by atoms with E-state index in [4.69, 9.17) is 13.9 Å². The second-order valence-electron chi connectivity index (χ2n) is 14.7. The Morgan fingerprint density at radius 3 is 2.19 bits per heavy atom. The van der Waals surface area contributed by atoms with E-state index in [0.717, 1.165) is 28.6 Å². The number of esters is 1. The van der Waals surface area contributed by atoms with Crippen LogP contribution in [0.15, 0.2) is 103 Å². The number of halogens is 2. The van der Waals surface area contributed by atoms with Crippen molar-refractivity contribution in [2.45, 2.75) is 63.7 Å². The van der Waals surface area contributed by atoms with Gasteiger partial charge in [0.25, 0.3) is 8.32 Å². The topological polar surface area (TPSA) is 63.8 Å². The number of carbonyl (C=O) groups excluding carboxylic acids is 1. The molecular formula is C43H46F2N2O4Si. The average Bonchev–Trinajstić information content (AvgIpc) is 3.80. The van der Waals surface area contributed by atoms with E-state index < -0.39 is 32.0 Å². The first-order valence-electron chi connectivity index (χ1n) is 18.2. The van der Waals surface area contributed by atoms with Crippen molar-refractivity contribution < 1.29 is 27.5 Å². The van der Waals surface area contributed by atoms with Gasteiger partial charge in [-0.05, 0) is 70.6 Å². The van der Waals surface area contributed by atoms with Crippen molar-refractivity contribution in [3.8, 4) is 0 Å². The van der Waals surface area contributed by atoms with E-state index >= 15 is 8.78 Å². The predicted octanol–water partition coefficient (Wildman–Crippen LogP) is 7.70. The molecule has 1 N–H and O–H groups in total. The van der Waals surface area contributed by atoms with Gasteiger partial charge < -0.3 is 18.9 Å². The summed E-state index contributed by atoms with van der Waals surface area (Å²) in [4.78, 5) is 17.8. The number of rotatable bonds is 10. The molecule has 2 aliphatic heterocycles. The van der Waals surface area contributed by atoms with Crippen LogP contribution in [0.1, 0.15) is 62.5 Å². The third-order valence-electron chi connectivity index (χ3n) is 10.6. The number of fused-ring (bicyclic) bond motifs is 3. The van der Waals surface area contributed by atoms with Crippen LogP contribution >= 0.6 is 0 Å². The molecule has 270 valence electrons. The highest BCUT2D eigenvalue weighted by atomic mass is 28.4. The molecule has 3 heterocycles. The Labute approximate surface area is 305 Å². The van der Waals surface area contributed by atoms with E-state index in [-0.39, 0.29) is 34.9 Å². The maximum Gasteiger partial charge on any atom is 0.330 e. The van der Waals surface area contributed by atoms with E-state index in [1.54, 1.807) is 6.92 Å². The highest BCUT2D eigenvalue weighted by Crippen LogP contribution is 2.46. The summed E-state index contributed by atoms with van der Waals surface area (Å²) in [5.74, 6) is -1.94. The Kier molecular flexibility index (Phi) is 10.3. The number of ether oxygens (including phenoxy) is 2. The number of hydrogen-bond acceptors (Lipinski definition) is 5. The third-order valence-corrected chi connectivity index (χ3v) is 15.6. The van der Waals surface area contributed by atoms with Crippen LogP contribution in [-0.2, 0) is 25.1 Å². The van der Waals surface area contributed by atoms with Crippen LogP contribution in [0, 0.1) is 11.6 Å². The van der Waals surface area contributed by atoms with Crippen LogP contribution in [0.4, 0.5) is 8.78 Å². The Morgan fingerprint density at radius 2 is 1.60 bits per heavy atom. The summed E-state index contributed by atoms with van der Waals surface area (Å²) in [5.41, 5.74) is 2.94. The van der Waals surface area contributed by atoms with Crippen molar-refractivity contribution in [3.63, 3.8) is 0 Å². The number of hydrogen-bond donors (Lipinski definition) is 1. The van der Waals surface area contributed by atoms with Gasteiger partial charge in [0.2, 0.25) is 0 Å². The van der Waals surface area contributed by atoms with Crippen LogP contribution in [0.2, 0.25) is 5.04 Å². The van der Waals surface area contributed by atoms with Crippen molar-refractivity contribution in [2.75, 3.05) is 26.4 Å². The zero-order valence-corrected chi connectivity index (χ0v) is 31.2. The molecule has 1 aromatic heterocycles. The maximum atomic E-state index is 16.6. The van der Waals surface area contributed by atoms with Crippen LogP contribution in [-0.4, -0.2) is 62.7 Å². The second-order valence-corrected chi connectivity index (χ2v) is 19.1. The fourth-order valence-electron chi connectivity index (χ4n) is 8.38. The number of nitrogens with zero attached hydrogens (tertiary/aromatic N) is 1. The number of carbonyl (C=O) groups is 1. The van der Waals surface area contributed by atoms with Gasteiger partial charge in [0, 0.05) is 46.9 Å². The van der Waals surface area contributed by atoms with Crippen LogP contribution < -0.4 is 10.4 Å². The smallest absolute Gasteiger partial charge is 0.330 e. The standard InChI is InChI=1S/C43H46F2N2O4Si/c1-5-50-39(48)21-20-29-24-36(44)40(37(45)25-29)42-41-35(34-18-12-13-19-38(34)46-41)26-31(47(42)30-22-23-49-27-30)28-51-52(43(2,3)4,32-14-8-6-9-15-32)33-16-10-7-11-17-33/h6-21,24-25,30-31,42,46H,5,22-23,26-28H2,1-4H3/b21-20+/t30?,31-,42+/m0/s1. The van der Waals surface area contributed by atoms with Gasteiger partial charge in [0.15, 0.2) is 0 Å². The zero-order chi connectivity index (χ0) is 36.5. The molecule has 3 atom stereocenters. The second kappa shape index (κ2) is 14.9. The number of H-pyrrole nitrogens is 1. The molecule has 0 spiro atoms. The van der Waals surface area contributed by atoms with E-state index in [0.29, 0.717) is 26.2 Å². The summed E-state index contributed by atoms with van der Waals surface area (Å²) < 4.78 is 51.7. The molecule has 1 saturated heterocycles. The predicted molar refractivity (Wildman–Crippen MR) is 204 cm³/mol. The summed E-state index contributed by atoms with van der Waals surface area (Å²) >= 11 is 0. The SMILES string of the molecule is CCOC(=O)/C=C/c1cc(F)c([C@@H]2c3[nH]c4ccccc4c3C[C@@H](CO[Si](c3ccccc3)(c3ccccc3)C(C)(C)C)N2C2CCOC2)c(F)c1. The molecule has 9 heteroatoms. The first-order valence-corrected chi connectivity index (χ1v) is 20.1.